The molecule has 2 heterocycles. The van der Waals surface area contributed by atoms with Crippen LogP contribution >= 0.6 is 0 Å². The minimum Gasteiger partial charge on any atom is -0.480 e. The number of carboxylic acid groups (broad SMARTS) is 1. The maximum absolute atomic E-state index is 12.3. The first-order valence-corrected chi connectivity index (χ1v) is 8.16. The lowest BCUT2D eigenvalue weighted by molar-refractivity contribution is -0.137. The van der Waals surface area contributed by atoms with Crippen molar-refractivity contribution in [2.75, 3.05) is 19.8 Å². The SMILES string of the molecule is CC(C(=O)O)S(=O)(=O)C1CCOC2(CCOCC2)C1. The van der Waals surface area contributed by atoms with Crippen molar-refractivity contribution in [3.63, 3.8) is 0 Å². The average Bonchev–Trinajstić information content (AvgIpc) is 2.38. The van der Waals surface area contributed by atoms with Gasteiger partial charge in [0.2, 0.25) is 0 Å². The van der Waals surface area contributed by atoms with E-state index in [9.17, 15) is 13.2 Å². The monoisotopic (exact) mass is 292 g/mol. The van der Waals surface area contributed by atoms with Gasteiger partial charge in [0.15, 0.2) is 15.1 Å². The number of carbonyl (C=O) groups is 1. The Hall–Kier alpha value is -0.660. The number of ether oxygens (including phenoxy) is 2. The van der Waals surface area contributed by atoms with Crippen LogP contribution in [0.4, 0.5) is 0 Å². The van der Waals surface area contributed by atoms with Gasteiger partial charge in [-0.15, -0.1) is 0 Å². The maximum Gasteiger partial charge on any atom is 0.321 e. The Morgan fingerprint density at radius 1 is 1.32 bits per heavy atom. The van der Waals surface area contributed by atoms with E-state index in [0.29, 0.717) is 45.5 Å². The number of hydrogen-bond donors (Lipinski definition) is 1. The van der Waals surface area contributed by atoms with Crippen LogP contribution in [0.5, 0.6) is 0 Å². The predicted molar refractivity (Wildman–Crippen MR) is 67.8 cm³/mol. The first-order valence-electron chi connectivity index (χ1n) is 6.55. The van der Waals surface area contributed by atoms with Crippen LogP contribution in [0.3, 0.4) is 0 Å². The molecule has 6 nitrogen and oxygen atoms in total. The molecular weight excluding hydrogens is 272 g/mol. The van der Waals surface area contributed by atoms with Crippen molar-refractivity contribution < 1.29 is 27.8 Å². The van der Waals surface area contributed by atoms with Gasteiger partial charge in [-0.25, -0.2) is 8.42 Å². The number of rotatable bonds is 3. The highest BCUT2D eigenvalue weighted by Gasteiger charge is 2.45. The summed E-state index contributed by atoms with van der Waals surface area (Å²) in [7, 11) is -3.66. The van der Waals surface area contributed by atoms with Crippen LogP contribution in [0.1, 0.15) is 32.6 Å². The van der Waals surface area contributed by atoms with Crippen molar-refractivity contribution in [1.82, 2.24) is 0 Å². The molecule has 2 fully saturated rings. The van der Waals surface area contributed by atoms with E-state index >= 15 is 0 Å². The first kappa shape index (κ1) is 14.7. The zero-order valence-electron chi connectivity index (χ0n) is 11.0. The molecule has 0 aromatic carbocycles. The third-order valence-electron chi connectivity index (χ3n) is 4.16. The summed E-state index contributed by atoms with van der Waals surface area (Å²) < 4.78 is 35.6. The van der Waals surface area contributed by atoms with E-state index in [2.05, 4.69) is 0 Å². The molecular formula is C12H20O6S. The average molecular weight is 292 g/mol. The molecule has 1 spiro atoms. The summed E-state index contributed by atoms with van der Waals surface area (Å²) >= 11 is 0. The Morgan fingerprint density at radius 2 is 1.95 bits per heavy atom. The molecule has 110 valence electrons. The van der Waals surface area contributed by atoms with E-state index in [1.807, 2.05) is 0 Å². The topological polar surface area (TPSA) is 89.9 Å². The summed E-state index contributed by atoms with van der Waals surface area (Å²) in [6.45, 7) is 2.75. The fourth-order valence-electron chi connectivity index (χ4n) is 2.78. The lowest BCUT2D eigenvalue weighted by Gasteiger charge is -2.43. The molecule has 0 amide bonds. The van der Waals surface area contributed by atoms with E-state index in [0.717, 1.165) is 0 Å². The fraction of sp³-hybridized carbons (Fsp3) is 0.917. The van der Waals surface area contributed by atoms with Crippen molar-refractivity contribution in [3.05, 3.63) is 0 Å². The van der Waals surface area contributed by atoms with Crippen LogP contribution in [-0.4, -0.2) is 55.4 Å². The summed E-state index contributed by atoms with van der Waals surface area (Å²) in [6.07, 6.45) is 2.12. The van der Waals surface area contributed by atoms with Gasteiger partial charge in [-0.3, -0.25) is 4.79 Å². The second-order valence-corrected chi connectivity index (χ2v) is 7.88. The van der Waals surface area contributed by atoms with Crippen LogP contribution in [0.2, 0.25) is 0 Å². The highest BCUT2D eigenvalue weighted by Crippen LogP contribution is 2.37. The second kappa shape index (κ2) is 5.38. The smallest absolute Gasteiger partial charge is 0.321 e. The van der Waals surface area contributed by atoms with Crippen molar-refractivity contribution in [2.45, 2.75) is 48.7 Å². The molecule has 2 aliphatic rings. The standard InChI is InChI=1S/C12H20O6S/c1-9(11(13)14)19(15,16)10-2-5-18-12(8-10)3-6-17-7-4-12/h9-10H,2-8H2,1H3,(H,13,14). The van der Waals surface area contributed by atoms with Crippen molar-refractivity contribution in [3.8, 4) is 0 Å². The van der Waals surface area contributed by atoms with Gasteiger partial charge >= 0.3 is 5.97 Å². The summed E-state index contributed by atoms with van der Waals surface area (Å²) in [4.78, 5) is 10.9. The summed E-state index contributed by atoms with van der Waals surface area (Å²) in [6, 6.07) is 0. The largest absolute Gasteiger partial charge is 0.480 e. The third kappa shape index (κ3) is 2.93. The van der Waals surface area contributed by atoms with Crippen molar-refractivity contribution in [2.24, 2.45) is 0 Å². The van der Waals surface area contributed by atoms with E-state index in [-0.39, 0.29) is 0 Å². The Morgan fingerprint density at radius 3 is 2.53 bits per heavy atom. The Bertz CT molecular complexity index is 432. The van der Waals surface area contributed by atoms with Crippen LogP contribution in [-0.2, 0) is 24.1 Å². The minimum atomic E-state index is -3.66. The summed E-state index contributed by atoms with van der Waals surface area (Å²) in [5.74, 6) is -1.28. The Kier molecular flexibility index (Phi) is 4.17. The van der Waals surface area contributed by atoms with Gasteiger partial charge in [0.1, 0.15) is 0 Å². The molecule has 0 aliphatic carbocycles. The van der Waals surface area contributed by atoms with E-state index < -0.39 is 31.9 Å². The van der Waals surface area contributed by atoms with Crippen molar-refractivity contribution >= 4 is 15.8 Å². The van der Waals surface area contributed by atoms with E-state index in [1.54, 1.807) is 0 Å². The first-order chi connectivity index (χ1) is 8.87. The normalized spacial score (nSPS) is 29.0. The number of carboxylic acids is 1. The molecule has 0 saturated carbocycles. The summed E-state index contributed by atoms with van der Waals surface area (Å²) in [5, 5.41) is 6.95. The lowest BCUT2D eigenvalue weighted by Crippen LogP contribution is -2.49. The quantitative estimate of drug-likeness (QED) is 0.819. The zero-order valence-corrected chi connectivity index (χ0v) is 11.8. The van der Waals surface area contributed by atoms with Crippen LogP contribution in [0.15, 0.2) is 0 Å². The van der Waals surface area contributed by atoms with Gasteiger partial charge in [-0.05, 0) is 32.6 Å². The van der Waals surface area contributed by atoms with Crippen molar-refractivity contribution in [1.29, 1.82) is 0 Å². The fourth-order valence-corrected chi connectivity index (χ4v) is 4.60. The number of aliphatic carboxylic acids is 1. The number of hydrogen-bond acceptors (Lipinski definition) is 5. The van der Waals surface area contributed by atoms with Crippen LogP contribution in [0, 0.1) is 0 Å². The predicted octanol–water partition coefficient (Wildman–Crippen LogP) is 0.602. The zero-order chi connectivity index (χ0) is 14.1. The summed E-state index contributed by atoms with van der Waals surface area (Å²) in [5.41, 5.74) is -0.438. The Balaban J connectivity index is 2.15. The van der Waals surface area contributed by atoms with Gasteiger partial charge in [0, 0.05) is 19.8 Å². The molecule has 1 N–H and O–H groups in total. The van der Waals surface area contributed by atoms with Gasteiger partial charge in [-0.2, -0.15) is 0 Å². The molecule has 19 heavy (non-hydrogen) atoms. The minimum absolute atomic E-state index is 0.371. The maximum atomic E-state index is 12.3. The third-order valence-corrected chi connectivity index (χ3v) is 6.68. The van der Waals surface area contributed by atoms with E-state index in [4.69, 9.17) is 14.6 Å². The second-order valence-electron chi connectivity index (χ2n) is 5.33. The van der Waals surface area contributed by atoms with Gasteiger partial charge in [-0.1, -0.05) is 0 Å². The molecule has 2 atom stereocenters. The number of sulfone groups is 1. The lowest BCUT2D eigenvalue weighted by atomic mass is 9.86. The molecule has 0 bridgehead atoms. The molecule has 2 rings (SSSR count). The van der Waals surface area contributed by atoms with Gasteiger partial charge in [0.05, 0.1) is 10.9 Å². The highest BCUT2D eigenvalue weighted by atomic mass is 32.2. The molecule has 2 saturated heterocycles. The molecule has 2 unspecified atom stereocenters. The molecule has 0 aromatic rings. The van der Waals surface area contributed by atoms with Crippen LogP contribution in [0.25, 0.3) is 0 Å². The highest BCUT2D eigenvalue weighted by molar-refractivity contribution is 7.93. The van der Waals surface area contributed by atoms with E-state index in [1.165, 1.54) is 6.92 Å². The molecule has 0 aromatic heterocycles. The molecule has 7 heteroatoms. The Labute approximate surface area is 113 Å². The van der Waals surface area contributed by atoms with Crippen LogP contribution < -0.4 is 0 Å². The van der Waals surface area contributed by atoms with Gasteiger partial charge in [0.25, 0.3) is 0 Å². The van der Waals surface area contributed by atoms with Gasteiger partial charge < -0.3 is 14.6 Å². The molecule has 0 radical (unpaired) electrons. The molecule has 2 aliphatic heterocycles.